The van der Waals surface area contributed by atoms with Crippen LogP contribution in [0.1, 0.15) is 0 Å². The Morgan fingerprint density at radius 1 is 0.211 bits per heavy atom. The Kier molecular flexibility index (Phi) is 8.95. The third kappa shape index (κ3) is 6.88. The van der Waals surface area contributed by atoms with Gasteiger partial charge in [-0.1, -0.05) is 176 Å². The van der Waals surface area contributed by atoms with Crippen LogP contribution in [0.15, 0.2) is 237 Å². The second-order valence-corrected chi connectivity index (χ2v) is 14.6. The molecule has 0 unspecified atom stereocenters. The summed E-state index contributed by atoms with van der Waals surface area (Å²) in [5, 5.41) is 4.99. The van der Waals surface area contributed by atoms with E-state index in [1.165, 1.54) is 77.2 Å². The summed E-state index contributed by atoms with van der Waals surface area (Å²) in [6, 6.07) is 85.7. The fourth-order valence-electron chi connectivity index (χ4n) is 8.10. The van der Waals surface area contributed by atoms with E-state index in [-0.39, 0.29) is 0 Å². The summed E-state index contributed by atoms with van der Waals surface area (Å²) in [5.74, 6) is 0. The minimum Gasteiger partial charge on any atom is -0.310 e. The molecule has 0 saturated carbocycles. The molecule has 0 aliphatic heterocycles. The molecule has 0 atom stereocenters. The summed E-state index contributed by atoms with van der Waals surface area (Å²) in [5.41, 5.74) is 15.3. The van der Waals surface area contributed by atoms with E-state index in [0.717, 1.165) is 17.1 Å². The Labute approximate surface area is 334 Å². The van der Waals surface area contributed by atoms with Crippen LogP contribution < -0.4 is 4.90 Å². The van der Waals surface area contributed by atoms with Crippen LogP contribution in [0.4, 0.5) is 17.1 Å². The van der Waals surface area contributed by atoms with Crippen molar-refractivity contribution in [2.24, 2.45) is 0 Å². The highest BCUT2D eigenvalue weighted by Gasteiger charge is 2.16. The van der Waals surface area contributed by atoms with E-state index >= 15 is 0 Å². The van der Waals surface area contributed by atoms with E-state index < -0.39 is 0 Å². The van der Waals surface area contributed by atoms with E-state index in [1.54, 1.807) is 0 Å². The maximum atomic E-state index is 2.37. The molecule has 10 aromatic carbocycles. The van der Waals surface area contributed by atoms with Crippen molar-refractivity contribution >= 4 is 38.6 Å². The van der Waals surface area contributed by atoms with Gasteiger partial charge < -0.3 is 4.90 Å². The molecule has 0 aliphatic rings. The van der Waals surface area contributed by atoms with E-state index in [4.69, 9.17) is 0 Å². The van der Waals surface area contributed by atoms with Gasteiger partial charge in [0.15, 0.2) is 0 Å². The molecule has 0 aromatic heterocycles. The van der Waals surface area contributed by atoms with E-state index in [1.807, 2.05) is 0 Å². The molecular formula is C56H39N. The fourth-order valence-corrected chi connectivity index (χ4v) is 8.10. The largest absolute Gasteiger partial charge is 0.310 e. The summed E-state index contributed by atoms with van der Waals surface area (Å²) in [6.45, 7) is 0. The van der Waals surface area contributed by atoms with Crippen LogP contribution in [0.3, 0.4) is 0 Å². The van der Waals surface area contributed by atoms with Gasteiger partial charge in [-0.2, -0.15) is 0 Å². The number of hydrogen-bond donors (Lipinski definition) is 0. The number of hydrogen-bond acceptors (Lipinski definition) is 1. The number of anilines is 3. The Morgan fingerprint density at radius 2 is 0.667 bits per heavy atom. The lowest BCUT2D eigenvalue weighted by molar-refractivity contribution is 1.28. The second-order valence-electron chi connectivity index (χ2n) is 14.6. The topological polar surface area (TPSA) is 3.24 Å². The van der Waals surface area contributed by atoms with Crippen LogP contribution in [0.2, 0.25) is 0 Å². The van der Waals surface area contributed by atoms with Gasteiger partial charge in [-0.25, -0.2) is 0 Å². The van der Waals surface area contributed by atoms with E-state index in [9.17, 15) is 0 Å². The molecule has 0 radical (unpaired) electrons. The average Bonchev–Trinajstić information content (AvgIpc) is 3.30. The molecule has 0 amide bonds. The highest BCUT2D eigenvalue weighted by Crippen LogP contribution is 2.40. The summed E-state index contributed by atoms with van der Waals surface area (Å²) < 4.78 is 0. The van der Waals surface area contributed by atoms with Gasteiger partial charge in [-0.3, -0.25) is 0 Å². The minimum atomic E-state index is 1.09. The second kappa shape index (κ2) is 15.0. The van der Waals surface area contributed by atoms with Crippen molar-refractivity contribution in [3.8, 4) is 55.6 Å². The molecule has 0 N–H and O–H groups in total. The average molecular weight is 726 g/mol. The molecule has 0 bridgehead atoms. The molecule has 0 spiro atoms. The zero-order chi connectivity index (χ0) is 38.0. The van der Waals surface area contributed by atoms with Crippen molar-refractivity contribution in [1.29, 1.82) is 0 Å². The van der Waals surface area contributed by atoms with Crippen molar-refractivity contribution in [2.75, 3.05) is 4.90 Å². The highest BCUT2D eigenvalue weighted by atomic mass is 15.1. The summed E-state index contributed by atoms with van der Waals surface area (Å²) in [4.78, 5) is 2.37. The summed E-state index contributed by atoms with van der Waals surface area (Å²) in [6.07, 6.45) is 0. The van der Waals surface area contributed by atoms with Crippen LogP contribution in [0, 0.1) is 0 Å². The van der Waals surface area contributed by atoms with Gasteiger partial charge in [0.25, 0.3) is 0 Å². The lowest BCUT2D eigenvalue weighted by atomic mass is 9.93. The SMILES string of the molecule is c1ccc(-c2cc(-c3ccccc3)cc(-c3ccc(N(c4ccc(-c5cccc6ccccc56)cc4)c4cccc(-c5ccc6ccccc6c5)c4)cc3)c2)cc1. The number of fused-ring (bicyclic) bond motifs is 2. The van der Waals surface area contributed by atoms with E-state index in [2.05, 4.69) is 241 Å². The highest BCUT2D eigenvalue weighted by molar-refractivity contribution is 5.97. The van der Waals surface area contributed by atoms with Gasteiger partial charge in [0.2, 0.25) is 0 Å². The zero-order valence-electron chi connectivity index (χ0n) is 31.5. The monoisotopic (exact) mass is 725 g/mol. The lowest BCUT2D eigenvalue weighted by Crippen LogP contribution is -2.10. The molecule has 0 fully saturated rings. The predicted octanol–water partition coefficient (Wildman–Crippen LogP) is 15.8. The quantitative estimate of drug-likeness (QED) is 0.151. The van der Waals surface area contributed by atoms with Crippen LogP contribution in [-0.2, 0) is 0 Å². The van der Waals surface area contributed by atoms with Crippen molar-refractivity contribution in [3.63, 3.8) is 0 Å². The molecule has 10 aromatic rings. The summed E-state index contributed by atoms with van der Waals surface area (Å²) >= 11 is 0. The molecule has 0 heterocycles. The Balaban J connectivity index is 1.07. The third-order valence-electron chi connectivity index (χ3n) is 11.0. The first-order valence-electron chi connectivity index (χ1n) is 19.6. The third-order valence-corrected chi connectivity index (χ3v) is 11.0. The molecule has 57 heavy (non-hydrogen) atoms. The first kappa shape index (κ1) is 34.0. The van der Waals surface area contributed by atoms with Crippen molar-refractivity contribution in [1.82, 2.24) is 0 Å². The van der Waals surface area contributed by atoms with Crippen molar-refractivity contribution in [3.05, 3.63) is 237 Å². The molecule has 0 aliphatic carbocycles. The van der Waals surface area contributed by atoms with Crippen LogP contribution >= 0.6 is 0 Å². The van der Waals surface area contributed by atoms with Crippen molar-refractivity contribution < 1.29 is 0 Å². The van der Waals surface area contributed by atoms with Crippen molar-refractivity contribution in [2.45, 2.75) is 0 Å². The van der Waals surface area contributed by atoms with E-state index in [0.29, 0.717) is 0 Å². The van der Waals surface area contributed by atoms with Gasteiger partial charge in [0.1, 0.15) is 0 Å². The van der Waals surface area contributed by atoms with Gasteiger partial charge in [-0.05, 0) is 138 Å². The van der Waals surface area contributed by atoms with Gasteiger partial charge >= 0.3 is 0 Å². The van der Waals surface area contributed by atoms with Gasteiger partial charge in [0.05, 0.1) is 0 Å². The Hall–Kier alpha value is -7.48. The molecule has 1 nitrogen and oxygen atoms in total. The molecule has 0 saturated heterocycles. The summed E-state index contributed by atoms with van der Waals surface area (Å²) in [7, 11) is 0. The van der Waals surface area contributed by atoms with Crippen LogP contribution in [0.5, 0.6) is 0 Å². The standard InChI is InChI=1S/C56H39N/c1-3-13-40(14-4-1)49-36-50(41-15-5-2-6-16-41)38-51(37-49)43-27-31-52(32-28-43)57(53-33-29-45(30-34-53)56-24-12-20-44-18-9-10-23-55(44)56)54-22-11-21-47(39-54)48-26-25-42-17-7-8-19-46(42)35-48/h1-39H. The number of benzene rings is 10. The maximum Gasteiger partial charge on any atom is 0.0467 e. The molecule has 1 heteroatoms. The maximum absolute atomic E-state index is 2.37. The number of rotatable bonds is 8. The first-order chi connectivity index (χ1) is 28.2. The molecular weight excluding hydrogens is 687 g/mol. The smallest absolute Gasteiger partial charge is 0.0467 e. The Morgan fingerprint density at radius 3 is 1.32 bits per heavy atom. The lowest BCUT2D eigenvalue weighted by Gasteiger charge is -2.26. The number of nitrogens with zero attached hydrogens (tertiary/aromatic N) is 1. The molecule has 10 rings (SSSR count). The predicted molar refractivity (Wildman–Crippen MR) is 243 cm³/mol. The van der Waals surface area contributed by atoms with Gasteiger partial charge in [0, 0.05) is 17.1 Å². The molecule has 268 valence electrons. The van der Waals surface area contributed by atoms with Crippen LogP contribution in [-0.4, -0.2) is 0 Å². The first-order valence-corrected chi connectivity index (χ1v) is 19.6. The zero-order valence-corrected chi connectivity index (χ0v) is 31.5. The minimum absolute atomic E-state index is 1.09. The Bertz CT molecular complexity index is 2920. The van der Waals surface area contributed by atoms with Gasteiger partial charge in [-0.15, -0.1) is 0 Å². The van der Waals surface area contributed by atoms with Crippen LogP contribution in [0.25, 0.3) is 77.2 Å². The normalized spacial score (nSPS) is 11.2. The fraction of sp³-hybridized carbons (Fsp3) is 0.